The number of hydrogen-bond acceptors (Lipinski definition) is 6. The Bertz CT molecular complexity index is 1620. The van der Waals surface area contributed by atoms with Crippen LogP contribution in [0.1, 0.15) is 34.5 Å². The summed E-state index contributed by atoms with van der Waals surface area (Å²) < 4.78 is 6.31. The minimum absolute atomic E-state index is 0.146. The van der Waals surface area contributed by atoms with Gasteiger partial charge in [0.2, 0.25) is 0 Å². The molecule has 0 bridgehead atoms. The molecular weight excluding hydrogens is 430 g/mol. The van der Waals surface area contributed by atoms with Crippen LogP contribution in [0.4, 0.5) is 5.69 Å². The number of aryl methyl sites for hydroxylation is 1. The number of hydrogen-bond donors (Lipinski definition) is 2. The summed E-state index contributed by atoms with van der Waals surface area (Å²) in [5.41, 5.74) is 3.41. The number of benzene rings is 3. The van der Waals surface area contributed by atoms with Gasteiger partial charge in [0.05, 0.1) is 29.4 Å². The smallest absolute Gasteiger partial charge is 0.337 e. The van der Waals surface area contributed by atoms with E-state index in [4.69, 9.17) is 4.42 Å². The first-order valence-corrected chi connectivity index (χ1v) is 10.8. The first kappa shape index (κ1) is 21.3. The van der Waals surface area contributed by atoms with Crippen LogP contribution in [0.5, 0.6) is 0 Å². The topological polar surface area (TPSA) is 105 Å². The van der Waals surface area contributed by atoms with Gasteiger partial charge in [-0.25, -0.2) is 4.79 Å². The van der Waals surface area contributed by atoms with Crippen molar-refractivity contribution in [3.05, 3.63) is 100.0 Å². The van der Waals surface area contributed by atoms with Crippen LogP contribution in [0.15, 0.2) is 82.3 Å². The highest BCUT2D eigenvalue weighted by molar-refractivity contribution is 5.94. The molecule has 0 aliphatic carbocycles. The van der Waals surface area contributed by atoms with Gasteiger partial charge in [-0.1, -0.05) is 30.3 Å². The fourth-order valence-corrected chi connectivity index (χ4v) is 4.15. The molecule has 2 aromatic heterocycles. The highest BCUT2D eigenvalue weighted by Crippen LogP contribution is 2.32. The summed E-state index contributed by atoms with van der Waals surface area (Å²) in [6.07, 6.45) is 3.34. The number of carbonyl (C=O) groups is 1. The summed E-state index contributed by atoms with van der Waals surface area (Å²) in [6.45, 7) is 3.83. The lowest BCUT2D eigenvalue weighted by Crippen LogP contribution is -2.12. The number of nitrogens with zero attached hydrogens (tertiary/aromatic N) is 2. The van der Waals surface area contributed by atoms with Gasteiger partial charge in [0, 0.05) is 33.7 Å². The van der Waals surface area contributed by atoms with E-state index in [1.165, 1.54) is 6.07 Å². The third-order valence-electron chi connectivity index (χ3n) is 5.83. The molecule has 0 fully saturated rings. The third-order valence-corrected chi connectivity index (χ3v) is 5.83. The molecule has 0 aliphatic heterocycles. The second-order valence-electron chi connectivity index (χ2n) is 8.26. The van der Waals surface area contributed by atoms with E-state index in [9.17, 15) is 14.7 Å². The molecule has 34 heavy (non-hydrogen) atoms. The maximum Gasteiger partial charge on any atom is 0.337 e. The van der Waals surface area contributed by atoms with E-state index in [1.807, 2.05) is 44.2 Å². The fraction of sp³-hybridized carbons (Fsp3) is 0.111. The monoisotopic (exact) mass is 451 g/mol. The summed E-state index contributed by atoms with van der Waals surface area (Å²) in [4.78, 5) is 24.7. The Hall–Kier alpha value is -4.52. The number of carboxylic acids is 1. The zero-order chi connectivity index (χ0) is 23.8. The number of aromatic carboxylic acids is 1. The molecule has 1 atom stereocenters. The summed E-state index contributed by atoms with van der Waals surface area (Å²) in [5.74, 6) is -0.571. The van der Waals surface area contributed by atoms with Crippen LogP contribution >= 0.6 is 0 Å². The van der Waals surface area contributed by atoms with Crippen LogP contribution in [0.2, 0.25) is 0 Å². The van der Waals surface area contributed by atoms with E-state index >= 15 is 0 Å². The number of nitrogens with one attached hydrogen (secondary N) is 1. The van der Waals surface area contributed by atoms with Gasteiger partial charge in [0.1, 0.15) is 11.3 Å². The number of anilines is 1. The number of aromatic nitrogens is 2. The van der Waals surface area contributed by atoms with Gasteiger partial charge < -0.3 is 14.8 Å². The van der Waals surface area contributed by atoms with Gasteiger partial charge in [-0.3, -0.25) is 4.79 Å². The zero-order valence-corrected chi connectivity index (χ0v) is 18.6. The molecule has 0 saturated carbocycles. The summed E-state index contributed by atoms with van der Waals surface area (Å²) in [7, 11) is 0. The highest BCUT2D eigenvalue weighted by Gasteiger charge is 2.18. The molecule has 2 N–H and O–H groups in total. The molecular formula is C27H21N3O4. The fourth-order valence-electron chi connectivity index (χ4n) is 4.15. The number of carboxylic acid groups (broad SMARTS) is 1. The van der Waals surface area contributed by atoms with Crippen molar-refractivity contribution in [2.45, 2.75) is 19.9 Å². The van der Waals surface area contributed by atoms with Crippen molar-refractivity contribution in [2.75, 3.05) is 5.32 Å². The maximum absolute atomic E-state index is 13.1. The Morgan fingerprint density at radius 3 is 2.56 bits per heavy atom. The lowest BCUT2D eigenvalue weighted by Gasteiger charge is -2.19. The minimum Gasteiger partial charge on any atom is -0.478 e. The molecule has 168 valence electrons. The standard InChI is InChI=1S/C27H21N3O4/c1-15-9-21(16(2)30-23-6-4-3-5-20(23)27(32)33)26-22(10-15)24(31)12-25(34-26)17-7-8-18-13-28-29-14-19(18)11-17/h3-14,16,30H,1-2H3,(H,32,33). The van der Waals surface area contributed by atoms with Gasteiger partial charge in [0.15, 0.2) is 5.43 Å². The predicted octanol–water partition coefficient (Wildman–Crippen LogP) is 5.58. The number of fused-ring (bicyclic) bond motifs is 2. The molecule has 2 heterocycles. The van der Waals surface area contributed by atoms with Crippen molar-refractivity contribution in [3.8, 4) is 11.3 Å². The van der Waals surface area contributed by atoms with E-state index < -0.39 is 5.97 Å². The largest absolute Gasteiger partial charge is 0.478 e. The van der Waals surface area contributed by atoms with Gasteiger partial charge in [-0.2, -0.15) is 10.2 Å². The Balaban J connectivity index is 1.64. The van der Waals surface area contributed by atoms with E-state index in [2.05, 4.69) is 15.5 Å². The van der Waals surface area contributed by atoms with Crippen molar-refractivity contribution in [1.29, 1.82) is 0 Å². The quantitative estimate of drug-likeness (QED) is 0.359. The lowest BCUT2D eigenvalue weighted by atomic mass is 10.00. The van der Waals surface area contributed by atoms with Crippen molar-refractivity contribution < 1.29 is 14.3 Å². The summed E-state index contributed by atoms with van der Waals surface area (Å²) >= 11 is 0. The number of rotatable bonds is 5. The highest BCUT2D eigenvalue weighted by atomic mass is 16.4. The minimum atomic E-state index is -1.01. The summed E-state index contributed by atoms with van der Waals surface area (Å²) in [5, 5.41) is 22.9. The molecule has 0 aliphatic rings. The van der Waals surface area contributed by atoms with Gasteiger partial charge >= 0.3 is 5.97 Å². The van der Waals surface area contributed by atoms with Crippen molar-refractivity contribution >= 4 is 33.4 Å². The van der Waals surface area contributed by atoms with Crippen LogP contribution in [0, 0.1) is 6.92 Å². The molecule has 0 radical (unpaired) electrons. The van der Waals surface area contributed by atoms with Gasteiger partial charge in [0.25, 0.3) is 0 Å². The molecule has 5 aromatic rings. The molecule has 1 unspecified atom stereocenters. The van der Waals surface area contributed by atoms with Crippen LogP contribution in [0.3, 0.4) is 0 Å². The lowest BCUT2D eigenvalue weighted by molar-refractivity contribution is 0.0698. The molecule has 3 aromatic carbocycles. The first-order valence-electron chi connectivity index (χ1n) is 10.8. The average molecular weight is 451 g/mol. The van der Waals surface area contributed by atoms with Gasteiger partial charge in [-0.05, 0) is 43.7 Å². The van der Waals surface area contributed by atoms with Crippen LogP contribution < -0.4 is 10.7 Å². The molecule has 7 nitrogen and oxygen atoms in total. The molecule has 0 saturated heterocycles. The molecule has 5 rings (SSSR count). The Morgan fingerprint density at radius 2 is 1.76 bits per heavy atom. The van der Waals surface area contributed by atoms with Crippen molar-refractivity contribution in [3.63, 3.8) is 0 Å². The number of para-hydroxylation sites is 1. The van der Waals surface area contributed by atoms with Crippen LogP contribution in [-0.2, 0) is 0 Å². The second kappa shape index (κ2) is 8.44. The van der Waals surface area contributed by atoms with Crippen molar-refractivity contribution in [2.24, 2.45) is 0 Å². The maximum atomic E-state index is 13.1. The van der Waals surface area contributed by atoms with E-state index in [0.717, 1.165) is 27.5 Å². The average Bonchev–Trinajstić information content (AvgIpc) is 2.83. The molecule has 0 spiro atoms. The normalized spacial score (nSPS) is 12.1. The second-order valence-corrected chi connectivity index (χ2v) is 8.26. The van der Waals surface area contributed by atoms with E-state index in [-0.39, 0.29) is 17.0 Å². The van der Waals surface area contributed by atoms with Crippen molar-refractivity contribution in [1.82, 2.24) is 10.2 Å². The zero-order valence-electron chi connectivity index (χ0n) is 18.6. The Morgan fingerprint density at radius 1 is 1.00 bits per heavy atom. The molecule has 0 amide bonds. The van der Waals surface area contributed by atoms with Crippen LogP contribution in [0.25, 0.3) is 33.1 Å². The molecule has 7 heteroatoms. The summed E-state index contributed by atoms with van der Waals surface area (Å²) in [6, 6.07) is 17.4. The Labute approximate surface area is 194 Å². The van der Waals surface area contributed by atoms with E-state index in [0.29, 0.717) is 22.4 Å². The Kier molecular flexibility index (Phi) is 5.30. The van der Waals surface area contributed by atoms with Crippen LogP contribution in [-0.4, -0.2) is 21.3 Å². The SMILES string of the molecule is Cc1cc(C(C)Nc2ccccc2C(=O)O)c2oc(-c3ccc4cnncc4c3)cc(=O)c2c1. The third kappa shape index (κ3) is 3.88. The predicted molar refractivity (Wildman–Crippen MR) is 131 cm³/mol. The first-order chi connectivity index (χ1) is 16.4. The van der Waals surface area contributed by atoms with E-state index in [1.54, 1.807) is 36.7 Å². The van der Waals surface area contributed by atoms with Gasteiger partial charge in [-0.15, -0.1) is 0 Å².